The molecule has 1 aliphatic heterocycles. The summed E-state index contributed by atoms with van der Waals surface area (Å²) in [6, 6.07) is 0. The van der Waals surface area contributed by atoms with Crippen LogP contribution >= 0.6 is 0 Å². The minimum absolute atomic E-state index is 0.285. The SMILES string of the molecule is CC(C)(C)OC(=O)N1CC(C)(C)S(=N)(=O)C(C)(C)C1. The highest BCUT2D eigenvalue weighted by atomic mass is 32.2. The van der Waals surface area contributed by atoms with Gasteiger partial charge in [-0.3, -0.25) is 4.78 Å². The second kappa shape index (κ2) is 4.36. The molecule has 5 nitrogen and oxygen atoms in total. The lowest BCUT2D eigenvalue weighted by Gasteiger charge is -2.48. The van der Waals surface area contributed by atoms with E-state index in [1.807, 2.05) is 20.8 Å². The fraction of sp³-hybridized carbons (Fsp3) is 0.923. The molecule has 6 heteroatoms. The Balaban J connectivity index is 3.02. The lowest BCUT2D eigenvalue weighted by Crippen LogP contribution is -2.63. The van der Waals surface area contributed by atoms with Gasteiger partial charge in [-0.05, 0) is 48.5 Å². The number of nitrogens with one attached hydrogen (secondary N) is 1. The summed E-state index contributed by atoms with van der Waals surface area (Å²) in [6.45, 7) is 13.1. The molecule has 19 heavy (non-hydrogen) atoms. The van der Waals surface area contributed by atoms with Gasteiger partial charge in [0.05, 0.1) is 19.2 Å². The fourth-order valence-corrected chi connectivity index (χ4v) is 4.53. The number of rotatable bonds is 0. The van der Waals surface area contributed by atoms with Crippen molar-refractivity contribution in [1.29, 1.82) is 4.78 Å². The molecule has 0 aromatic rings. The van der Waals surface area contributed by atoms with E-state index in [4.69, 9.17) is 9.52 Å². The van der Waals surface area contributed by atoms with Crippen LogP contribution in [0, 0.1) is 4.78 Å². The summed E-state index contributed by atoms with van der Waals surface area (Å²) in [7, 11) is -2.80. The first kappa shape index (κ1) is 16.3. The van der Waals surface area contributed by atoms with Gasteiger partial charge in [-0.15, -0.1) is 0 Å². The zero-order valence-electron chi connectivity index (χ0n) is 13.0. The number of hydrogen-bond donors (Lipinski definition) is 1. The lowest BCUT2D eigenvalue weighted by atomic mass is 10.1. The molecule has 1 fully saturated rings. The molecule has 1 aliphatic rings. The van der Waals surface area contributed by atoms with Gasteiger partial charge in [0.2, 0.25) is 0 Å². The maximum atomic E-state index is 12.7. The molecular weight excluding hydrogens is 264 g/mol. The molecule has 1 saturated heterocycles. The Morgan fingerprint density at radius 1 is 1.16 bits per heavy atom. The molecule has 0 aliphatic carbocycles. The first-order valence-electron chi connectivity index (χ1n) is 6.45. The number of ether oxygens (including phenoxy) is 1. The highest BCUT2D eigenvalue weighted by Crippen LogP contribution is 2.36. The Kier molecular flexibility index (Phi) is 3.74. The molecule has 1 heterocycles. The summed E-state index contributed by atoms with van der Waals surface area (Å²) >= 11 is 0. The van der Waals surface area contributed by atoms with Crippen LogP contribution in [0.15, 0.2) is 0 Å². The van der Waals surface area contributed by atoms with E-state index in [1.54, 1.807) is 32.6 Å². The van der Waals surface area contributed by atoms with E-state index in [0.717, 1.165) is 0 Å². The minimum Gasteiger partial charge on any atom is -0.444 e. The molecule has 0 aromatic carbocycles. The van der Waals surface area contributed by atoms with E-state index in [1.165, 1.54) is 0 Å². The van der Waals surface area contributed by atoms with E-state index in [2.05, 4.69) is 0 Å². The van der Waals surface area contributed by atoms with Gasteiger partial charge in [-0.1, -0.05) is 0 Å². The van der Waals surface area contributed by atoms with Crippen LogP contribution in [0.4, 0.5) is 4.79 Å². The Bertz CT molecular complexity index is 449. The second-order valence-corrected chi connectivity index (χ2v) is 10.7. The van der Waals surface area contributed by atoms with Gasteiger partial charge < -0.3 is 9.64 Å². The summed E-state index contributed by atoms with van der Waals surface area (Å²) in [5, 5.41) is 0. The monoisotopic (exact) mass is 290 g/mol. The van der Waals surface area contributed by atoms with Gasteiger partial charge in [-0.25, -0.2) is 9.00 Å². The third-order valence-electron chi connectivity index (χ3n) is 3.35. The fourth-order valence-electron chi connectivity index (χ4n) is 2.36. The Morgan fingerprint density at radius 3 is 1.84 bits per heavy atom. The zero-order valence-corrected chi connectivity index (χ0v) is 13.8. The van der Waals surface area contributed by atoms with E-state index >= 15 is 0 Å². The van der Waals surface area contributed by atoms with Gasteiger partial charge >= 0.3 is 6.09 Å². The quantitative estimate of drug-likeness (QED) is 0.745. The molecule has 1 rings (SSSR count). The molecule has 0 bridgehead atoms. The lowest BCUT2D eigenvalue weighted by molar-refractivity contribution is 0.0204. The van der Waals surface area contributed by atoms with Crippen molar-refractivity contribution >= 4 is 15.8 Å². The number of carbonyl (C=O) groups excluding carboxylic acids is 1. The van der Waals surface area contributed by atoms with Crippen LogP contribution in [-0.2, 0) is 14.5 Å². The van der Waals surface area contributed by atoms with Crippen molar-refractivity contribution in [2.45, 2.75) is 63.6 Å². The predicted octanol–water partition coefficient (Wildman–Crippen LogP) is 2.84. The van der Waals surface area contributed by atoms with Crippen molar-refractivity contribution in [1.82, 2.24) is 4.90 Å². The van der Waals surface area contributed by atoms with Crippen LogP contribution in [0.1, 0.15) is 48.5 Å². The number of hydrogen-bond acceptors (Lipinski definition) is 4. The summed E-state index contributed by atoms with van der Waals surface area (Å²) in [5.41, 5.74) is -0.550. The third kappa shape index (κ3) is 3.04. The van der Waals surface area contributed by atoms with Gasteiger partial charge in [-0.2, -0.15) is 0 Å². The van der Waals surface area contributed by atoms with Gasteiger partial charge in [0.25, 0.3) is 0 Å². The van der Waals surface area contributed by atoms with Gasteiger partial charge in [0.1, 0.15) is 5.60 Å². The molecule has 0 aromatic heterocycles. The first-order chi connectivity index (χ1) is 8.20. The summed E-state index contributed by atoms with van der Waals surface area (Å²) in [6.07, 6.45) is -0.399. The molecule has 1 amide bonds. The van der Waals surface area contributed by atoms with E-state index < -0.39 is 30.9 Å². The Morgan fingerprint density at radius 2 is 1.53 bits per heavy atom. The Hall–Kier alpha value is -0.780. The maximum absolute atomic E-state index is 12.7. The maximum Gasteiger partial charge on any atom is 0.410 e. The molecule has 0 saturated carbocycles. The number of nitrogens with zero attached hydrogens (tertiary/aromatic N) is 1. The summed E-state index contributed by atoms with van der Waals surface area (Å²) in [5.74, 6) is 0. The van der Waals surface area contributed by atoms with Gasteiger partial charge in [0.15, 0.2) is 0 Å². The molecule has 0 spiro atoms. The minimum atomic E-state index is -2.80. The smallest absolute Gasteiger partial charge is 0.410 e. The molecular formula is C13H26N2O3S. The number of carbonyl (C=O) groups is 1. The van der Waals surface area contributed by atoms with Crippen LogP contribution < -0.4 is 0 Å². The zero-order chi connectivity index (χ0) is 15.3. The first-order valence-corrected chi connectivity index (χ1v) is 8.01. The van der Waals surface area contributed by atoms with E-state index in [0.29, 0.717) is 0 Å². The average Bonchev–Trinajstić information content (AvgIpc) is 2.10. The van der Waals surface area contributed by atoms with E-state index in [9.17, 15) is 9.00 Å². The molecule has 1 N–H and O–H groups in total. The summed E-state index contributed by atoms with van der Waals surface area (Å²) < 4.78 is 24.7. The topological polar surface area (TPSA) is 70.5 Å². The van der Waals surface area contributed by atoms with Crippen LogP contribution in [0.5, 0.6) is 0 Å². The average molecular weight is 290 g/mol. The predicted molar refractivity (Wildman–Crippen MR) is 76.8 cm³/mol. The number of amides is 1. The van der Waals surface area contributed by atoms with E-state index in [-0.39, 0.29) is 13.1 Å². The second-order valence-electron chi connectivity index (χ2n) is 7.41. The highest BCUT2D eigenvalue weighted by Gasteiger charge is 2.50. The third-order valence-corrected chi connectivity index (χ3v) is 6.72. The van der Waals surface area contributed by atoms with Gasteiger partial charge in [0, 0.05) is 13.1 Å². The molecule has 0 atom stereocenters. The highest BCUT2D eigenvalue weighted by molar-refractivity contribution is 7.95. The van der Waals surface area contributed by atoms with Crippen molar-refractivity contribution in [3.05, 3.63) is 0 Å². The van der Waals surface area contributed by atoms with Crippen molar-refractivity contribution in [3.8, 4) is 0 Å². The largest absolute Gasteiger partial charge is 0.444 e. The van der Waals surface area contributed by atoms with Crippen molar-refractivity contribution in [2.24, 2.45) is 0 Å². The van der Waals surface area contributed by atoms with Crippen LogP contribution in [0.25, 0.3) is 0 Å². The molecule has 112 valence electrons. The van der Waals surface area contributed by atoms with Crippen molar-refractivity contribution in [2.75, 3.05) is 13.1 Å². The van der Waals surface area contributed by atoms with Crippen LogP contribution in [0.3, 0.4) is 0 Å². The van der Waals surface area contributed by atoms with Crippen molar-refractivity contribution in [3.63, 3.8) is 0 Å². The van der Waals surface area contributed by atoms with Crippen molar-refractivity contribution < 1.29 is 13.7 Å². The molecule has 0 unspecified atom stereocenters. The summed E-state index contributed by atoms with van der Waals surface area (Å²) in [4.78, 5) is 13.7. The standard InChI is InChI=1S/C13H26N2O3S/c1-11(2,3)18-10(16)15-8-12(4,5)19(14,17)13(6,7)9-15/h14H,8-9H2,1-7H3. The Labute approximate surface area is 116 Å². The molecule has 0 radical (unpaired) electrons. The van der Waals surface area contributed by atoms with Crippen LogP contribution in [0.2, 0.25) is 0 Å². The van der Waals surface area contributed by atoms with Crippen LogP contribution in [-0.4, -0.2) is 43.4 Å². The normalized spacial score (nSPS) is 24.9.